The van der Waals surface area contributed by atoms with Crippen molar-refractivity contribution in [1.82, 2.24) is 4.98 Å². The van der Waals surface area contributed by atoms with E-state index in [-0.39, 0.29) is 5.78 Å². The van der Waals surface area contributed by atoms with E-state index in [1.165, 1.54) is 0 Å². The number of benzene rings is 1. The van der Waals surface area contributed by atoms with E-state index < -0.39 is 0 Å². The molecule has 0 aliphatic heterocycles. The number of carbonyl (C=O) groups excluding carboxylic acids is 1. The first kappa shape index (κ1) is 12.9. The minimum atomic E-state index is -0.0390. The summed E-state index contributed by atoms with van der Waals surface area (Å²) >= 11 is 3.39. The number of nitrogen functional groups attached to an aromatic ring is 1. The van der Waals surface area contributed by atoms with Crippen LogP contribution in [0.4, 0.5) is 5.69 Å². The number of nitrogens with two attached hydrogens (primary N) is 1. The van der Waals surface area contributed by atoms with Crippen LogP contribution in [0.2, 0.25) is 0 Å². The molecule has 0 aliphatic rings. The fourth-order valence-corrected chi connectivity index (χ4v) is 2.35. The number of hydrogen-bond donors (Lipinski definition) is 2. The van der Waals surface area contributed by atoms with Crippen molar-refractivity contribution >= 4 is 27.4 Å². The first-order chi connectivity index (χ1) is 8.41. The van der Waals surface area contributed by atoms with Gasteiger partial charge >= 0.3 is 0 Å². The lowest BCUT2D eigenvalue weighted by Crippen LogP contribution is -2.05. The predicted molar refractivity (Wildman–Crippen MR) is 77.0 cm³/mol. The third-order valence-corrected chi connectivity index (χ3v) is 3.97. The highest BCUT2D eigenvalue weighted by Crippen LogP contribution is 2.25. The van der Waals surface area contributed by atoms with Gasteiger partial charge in [-0.25, -0.2) is 0 Å². The van der Waals surface area contributed by atoms with Crippen LogP contribution < -0.4 is 5.73 Å². The van der Waals surface area contributed by atoms with E-state index in [0.29, 0.717) is 16.9 Å². The maximum Gasteiger partial charge on any atom is 0.210 e. The van der Waals surface area contributed by atoms with Crippen LogP contribution in [-0.2, 0) is 0 Å². The number of ketones is 1. The summed E-state index contributed by atoms with van der Waals surface area (Å²) < 4.78 is 0.756. The molecule has 1 aromatic carbocycles. The Morgan fingerprint density at radius 2 is 1.89 bits per heavy atom. The minimum Gasteiger partial charge on any atom is -0.399 e. The summed E-state index contributed by atoms with van der Waals surface area (Å²) in [6, 6.07) is 5.25. The molecule has 2 rings (SSSR count). The molecule has 4 heteroatoms. The Morgan fingerprint density at radius 1 is 1.22 bits per heavy atom. The lowest BCUT2D eigenvalue weighted by atomic mass is 10.0. The molecule has 1 aromatic heterocycles. The van der Waals surface area contributed by atoms with Gasteiger partial charge in [0, 0.05) is 21.4 Å². The highest BCUT2D eigenvalue weighted by molar-refractivity contribution is 9.10. The van der Waals surface area contributed by atoms with Crippen molar-refractivity contribution < 1.29 is 4.79 Å². The molecule has 0 saturated heterocycles. The van der Waals surface area contributed by atoms with E-state index in [9.17, 15) is 4.79 Å². The molecule has 0 fully saturated rings. The van der Waals surface area contributed by atoms with Gasteiger partial charge in [-0.05, 0) is 50.1 Å². The Morgan fingerprint density at radius 3 is 2.44 bits per heavy atom. The number of halogens is 1. The zero-order valence-electron chi connectivity index (χ0n) is 10.6. The highest BCUT2D eigenvalue weighted by atomic mass is 79.9. The van der Waals surface area contributed by atoms with Crippen LogP contribution in [0, 0.1) is 20.8 Å². The second kappa shape index (κ2) is 4.61. The number of anilines is 1. The van der Waals surface area contributed by atoms with Crippen molar-refractivity contribution in [2.24, 2.45) is 0 Å². The average Bonchev–Trinajstić information content (AvgIpc) is 2.59. The van der Waals surface area contributed by atoms with E-state index in [0.717, 1.165) is 21.3 Å². The summed E-state index contributed by atoms with van der Waals surface area (Å²) in [5.41, 5.74) is 10.7. The van der Waals surface area contributed by atoms with Gasteiger partial charge in [0.05, 0.1) is 5.69 Å². The number of carbonyl (C=O) groups is 1. The van der Waals surface area contributed by atoms with Gasteiger partial charge < -0.3 is 10.7 Å². The van der Waals surface area contributed by atoms with Crippen LogP contribution in [-0.4, -0.2) is 10.8 Å². The lowest BCUT2D eigenvalue weighted by Gasteiger charge is -2.05. The van der Waals surface area contributed by atoms with Gasteiger partial charge in [-0.1, -0.05) is 15.9 Å². The van der Waals surface area contributed by atoms with Crippen LogP contribution in [0.25, 0.3) is 0 Å². The molecular formula is C14H15BrN2O. The standard InChI is InChI=1S/C14H15BrN2O/c1-7-8(2)13(17-9(7)3)14(18)11-6-10(16)4-5-12(11)15/h4-6,17H,16H2,1-3H3. The highest BCUT2D eigenvalue weighted by Gasteiger charge is 2.18. The molecule has 0 radical (unpaired) electrons. The maximum atomic E-state index is 12.5. The van der Waals surface area contributed by atoms with Gasteiger partial charge in [0.2, 0.25) is 5.78 Å². The molecule has 0 unspecified atom stereocenters. The lowest BCUT2D eigenvalue weighted by molar-refractivity contribution is 0.103. The molecule has 3 nitrogen and oxygen atoms in total. The zero-order chi connectivity index (χ0) is 13.4. The summed E-state index contributed by atoms with van der Waals surface area (Å²) in [6.45, 7) is 5.92. The van der Waals surface area contributed by atoms with Gasteiger partial charge in [-0.3, -0.25) is 4.79 Å². The molecule has 0 atom stereocenters. The molecule has 0 aliphatic carbocycles. The minimum absolute atomic E-state index is 0.0390. The molecule has 0 bridgehead atoms. The van der Waals surface area contributed by atoms with Crippen molar-refractivity contribution in [3.8, 4) is 0 Å². The topological polar surface area (TPSA) is 58.9 Å². The summed E-state index contributed by atoms with van der Waals surface area (Å²) in [5.74, 6) is -0.0390. The van der Waals surface area contributed by atoms with E-state index in [4.69, 9.17) is 5.73 Å². The molecule has 1 heterocycles. The van der Waals surface area contributed by atoms with Crippen molar-refractivity contribution in [3.05, 3.63) is 50.8 Å². The zero-order valence-corrected chi connectivity index (χ0v) is 12.2. The largest absolute Gasteiger partial charge is 0.399 e. The molecule has 0 saturated carbocycles. The van der Waals surface area contributed by atoms with Gasteiger partial charge in [0.1, 0.15) is 0 Å². The number of aromatic amines is 1. The fourth-order valence-electron chi connectivity index (χ4n) is 1.92. The van der Waals surface area contributed by atoms with Gasteiger partial charge in [-0.15, -0.1) is 0 Å². The number of hydrogen-bond acceptors (Lipinski definition) is 2. The van der Waals surface area contributed by atoms with Gasteiger partial charge in [-0.2, -0.15) is 0 Å². The van der Waals surface area contributed by atoms with Crippen molar-refractivity contribution in [1.29, 1.82) is 0 Å². The molecule has 18 heavy (non-hydrogen) atoms. The van der Waals surface area contributed by atoms with Crippen molar-refractivity contribution in [2.45, 2.75) is 20.8 Å². The Kier molecular flexibility index (Phi) is 3.30. The second-order valence-electron chi connectivity index (χ2n) is 4.44. The smallest absolute Gasteiger partial charge is 0.210 e. The second-order valence-corrected chi connectivity index (χ2v) is 5.30. The van der Waals surface area contributed by atoms with E-state index in [2.05, 4.69) is 20.9 Å². The average molecular weight is 307 g/mol. The summed E-state index contributed by atoms with van der Waals surface area (Å²) in [6.07, 6.45) is 0. The molecule has 0 spiro atoms. The monoisotopic (exact) mass is 306 g/mol. The predicted octanol–water partition coefficient (Wildman–Crippen LogP) is 3.52. The fraction of sp³-hybridized carbons (Fsp3) is 0.214. The SMILES string of the molecule is Cc1[nH]c(C(=O)c2cc(N)ccc2Br)c(C)c1C. The summed E-state index contributed by atoms with van der Waals surface area (Å²) in [5, 5.41) is 0. The van der Waals surface area contributed by atoms with Crippen LogP contribution in [0.1, 0.15) is 32.9 Å². The Labute approximate surface area is 115 Å². The summed E-state index contributed by atoms with van der Waals surface area (Å²) in [4.78, 5) is 15.6. The van der Waals surface area contributed by atoms with Gasteiger partial charge in [0.25, 0.3) is 0 Å². The quantitative estimate of drug-likeness (QED) is 0.659. The normalized spacial score (nSPS) is 10.7. The van der Waals surface area contributed by atoms with Crippen LogP contribution in [0.3, 0.4) is 0 Å². The van der Waals surface area contributed by atoms with E-state index >= 15 is 0 Å². The van der Waals surface area contributed by atoms with Crippen LogP contribution >= 0.6 is 15.9 Å². The van der Waals surface area contributed by atoms with E-state index in [1.54, 1.807) is 18.2 Å². The van der Waals surface area contributed by atoms with Crippen LogP contribution in [0.15, 0.2) is 22.7 Å². The molecule has 2 aromatic rings. The number of aryl methyl sites for hydroxylation is 1. The van der Waals surface area contributed by atoms with Crippen molar-refractivity contribution in [2.75, 3.05) is 5.73 Å². The molecule has 3 N–H and O–H groups in total. The number of rotatable bonds is 2. The van der Waals surface area contributed by atoms with Gasteiger partial charge in [0.15, 0.2) is 0 Å². The number of aromatic nitrogens is 1. The molecule has 0 amide bonds. The first-order valence-corrected chi connectivity index (χ1v) is 6.46. The van der Waals surface area contributed by atoms with Crippen LogP contribution in [0.5, 0.6) is 0 Å². The van der Waals surface area contributed by atoms with E-state index in [1.807, 2.05) is 20.8 Å². The molecule has 94 valence electrons. The molecular weight excluding hydrogens is 292 g/mol. The van der Waals surface area contributed by atoms with Crippen molar-refractivity contribution in [3.63, 3.8) is 0 Å². The summed E-state index contributed by atoms with van der Waals surface area (Å²) in [7, 11) is 0. The third-order valence-electron chi connectivity index (χ3n) is 3.27. The Hall–Kier alpha value is -1.55. The first-order valence-electron chi connectivity index (χ1n) is 5.67. The number of H-pyrrole nitrogens is 1. The third kappa shape index (κ3) is 2.08. The number of nitrogens with one attached hydrogen (secondary N) is 1. The Balaban J connectivity index is 2.54. The Bertz CT molecular complexity index is 629. The maximum absolute atomic E-state index is 12.5.